The Morgan fingerprint density at radius 2 is 1.76 bits per heavy atom. The molecule has 25 heavy (non-hydrogen) atoms. The van der Waals surface area contributed by atoms with E-state index >= 15 is 0 Å². The summed E-state index contributed by atoms with van der Waals surface area (Å²) >= 11 is 1.40. The quantitative estimate of drug-likeness (QED) is 0.564. The second kappa shape index (κ2) is 7.53. The minimum Gasteiger partial charge on any atom is -0.334 e. The fraction of sp³-hybridized carbons (Fsp3) is 0.211. The van der Waals surface area contributed by atoms with Gasteiger partial charge in [-0.25, -0.2) is 0 Å². The van der Waals surface area contributed by atoms with E-state index in [1.54, 1.807) is 0 Å². The molecule has 128 valence electrons. The third kappa shape index (κ3) is 4.28. The molecule has 0 aliphatic carbocycles. The largest absolute Gasteiger partial charge is 0.334 e. The van der Waals surface area contributed by atoms with Gasteiger partial charge in [0.25, 0.3) is 5.56 Å². The minimum absolute atomic E-state index is 0.303. The van der Waals surface area contributed by atoms with E-state index < -0.39 is 0 Å². The summed E-state index contributed by atoms with van der Waals surface area (Å²) in [5.74, 6) is 6.62. The van der Waals surface area contributed by atoms with Crippen LogP contribution in [0, 0.1) is 13.8 Å². The molecular formula is C19H20N4OS. The van der Waals surface area contributed by atoms with Gasteiger partial charge in [-0.1, -0.05) is 71.4 Å². The highest BCUT2D eigenvalue weighted by molar-refractivity contribution is 7.98. The highest BCUT2D eigenvalue weighted by Gasteiger charge is 2.11. The van der Waals surface area contributed by atoms with Gasteiger partial charge in [-0.3, -0.25) is 4.79 Å². The number of nitrogen functional groups attached to an aromatic ring is 1. The Morgan fingerprint density at radius 3 is 2.48 bits per heavy atom. The van der Waals surface area contributed by atoms with Crippen molar-refractivity contribution in [3.05, 3.63) is 86.8 Å². The molecule has 2 aromatic carbocycles. The van der Waals surface area contributed by atoms with Gasteiger partial charge in [0.1, 0.15) is 5.69 Å². The Morgan fingerprint density at radius 1 is 1.00 bits per heavy atom. The zero-order chi connectivity index (χ0) is 17.8. The van der Waals surface area contributed by atoms with E-state index in [2.05, 4.69) is 16.3 Å². The number of benzene rings is 2. The van der Waals surface area contributed by atoms with Gasteiger partial charge in [0, 0.05) is 12.2 Å². The van der Waals surface area contributed by atoms with E-state index in [1.807, 2.05) is 56.3 Å². The normalized spacial score (nSPS) is 10.8. The SMILES string of the molecule is Cc1ccc(Cc2nnc(SCc3cccc(C)c3)n(N)c2=O)cc1. The predicted molar refractivity (Wildman–Crippen MR) is 101 cm³/mol. The zero-order valence-electron chi connectivity index (χ0n) is 14.3. The first-order valence-electron chi connectivity index (χ1n) is 8.00. The lowest BCUT2D eigenvalue weighted by Gasteiger charge is -2.08. The predicted octanol–water partition coefficient (Wildman–Crippen LogP) is 2.85. The Hall–Kier alpha value is -2.60. The molecule has 0 radical (unpaired) electrons. The number of nitrogens with two attached hydrogens (primary N) is 1. The van der Waals surface area contributed by atoms with Gasteiger partial charge in [-0.05, 0) is 25.0 Å². The van der Waals surface area contributed by atoms with Crippen molar-refractivity contribution in [1.82, 2.24) is 14.9 Å². The highest BCUT2D eigenvalue weighted by atomic mass is 32.2. The van der Waals surface area contributed by atoms with Crippen LogP contribution in [0.4, 0.5) is 0 Å². The van der Waals surface area contributed by atoms with Gasteiger partial charge >= 0.3 is 0 Å². The van der Waals surface area contributed by atoms with E-state index in [0.717, 1.165) is 15.8 Å². The maximum atomic E-state index is 12.4. The Balaban J connectivity index is 1.75. The molecule has 0 saturated carbocycles. The number of thioether (sulfide) groups is 1. The summed E-state index contributed by atoms with van der Waals surface area (Å²) in [5, 5.41) is 8.66. The van der Waals surface area contributed by atoms with Crippen LogP contribution >= 0.6 is 11.8 Å². The first kappa shape index (κ1) is 17.2. The molecule has 1 heterocycles. The summed E-state index contributed by atoms with van der Waals surface area (Å²) in [6.07, 6.45) is 0.423. The molecule has 0 spiro atoms. The lowest BCUT2D eigenvalue weighted by atomic mass is 10.1. The average molecular weight is 352 g/mol. The topological polar surface area (TPSA) is 73.8 Å². The van der Waals surface area contributed by atoms with Crippen LogP contribution in [0.3, 0.4) is 0 Å². The van der Waals surface area contributed by atoms with E-state index in [1.165, 1.54) is 22.9 Å². The number of aryl methyl sites for hydroxylation is 2. The highest BCUT2D eigenvalue weighted by Crippen LogP contribution is 2.19. The van der Waals surface area contributed by atoms with Crippen LogP contribution in [0.2, 0.25) is 0 Å². The average Bonchev–Trinajstić information content (AvgIpc) is 2.60. The molecule has 5 nitrogen and oxygen atoms in total. The summed E-state index contributed by atoms with van der Waals surface area (Å²) in [4.78, 5) is 12.4. The van der Waals surface area contributed by atoms with Crippen molar-refractivity contribution < 1.29 is 0 Å². The molecule has 0 amide bonds. The molecule has 0 saturated heterocycles. The molecule has 1 aromatic heterocycles. The summed E-state index contributed by atoms with van der Waals surface area (Å²) < 4.78 is 1.09. The van der Waals surface area contributed by atoms with E-state index in [4.69, 9.17) is 5.84 Å². The molecule has 3 aromatic rings. The second-order valence-corrected chi connectivity index (χ2v) is 6.99. The van der Waals surface area contributed by atoms with Crippen molar-refractivity contribution in [2.75, 3.05) is 5.84 Å². The van der Waals surface area contributed by atoms with Crippen LogP contribution in [-0.2, 0) is 12.2 Å². The van der Waals surface area contributed by atoms with Crippen molar-refractivity contribution >= 4 is 11.8 Å². The summed E-state index contributed by atoms with van der Waals surface area (Å²) in [7, 11) is 0. The first-order chi connectivity index (χ1) is 12.0. The van der Waals surface area contributed by atoms with Crippen molar-refractivity contribution in [2.24, 2.45) is 0 Å². The van der Waals surface area contributed by atoms with E-state index in [-0.39, 0.29) is 5.56 Å². The van der Waals surface area contributed by atoms with E-state index in [9.17, 15) is 4.79 Å². The van der Waals surface area contributed by atoms with Gasteiger partial charge in [-0.15, -0.1) is 10.2 Å². The molecule has 0 aliphatic heterocycles. The Kier molecular flexibility index (Phi) is 5.19. The van der Waals surface area contributed by atoms with Crippen molar-refractivity contribution in [2.45, 2.75) is 31.2 Å². The maximum Gasteiger partial charge on any atom is 0.294 e. The Labute approximate surface area is 150 Å². The number of nitrogens with zero attached hydrogens (tertiary/aromatic N) is 3. The number of hydrogen-bond donors (Lipinski definition) is 1. The van der Waals surface area contributed by atoms with Gasteiger partial charge in [0.15, 0.2) is 0 Å². The zero-order valence-corrected chi connectivity index (χ0v) is 15.1. The Bertz CT molecular complexity index is 935. The fourth-order valence-corrected chi connectivity index (χ4v) is 3.27. The van der Waals surface area contributed by atoms with Crippen LogP contribution in [0.1, 0.15) is 27.9 Å². The standard InChI is InChI=1S/C19H20N4OS/c1-13-6-8-15(9-7-13)11-17-18(24)23(20)19(22-21-17)25-12-16-5-3-4-14(2)10-16/h3-10H,11-12,20H2,1-2H3. The van der Waals surface area contributed by atoms with Crippen molar-refractivity contribution in [3.8, 4) is 0 Å². The van der Waals surface area contributed by atoms with E-state index in [0.29, 0.717) is 23.0 Å². The third-order valence-electron chi connectivity index (χ3n) is 3.87. The lowest BCUT2D eigenvalue weighted by Crippen LogP contribution is -2.33. The molecule has 2 N–H and O–H groups in total. The van der Waals surface area contributed by atoms with Gasteiger partial charge in [0.2, 0.25) is 5.16 Å². The van der Waals surface area contributed by atoms with Crippen LogP contribution in [-0.4, -0.2) is 14.9 Å². The monoisotopic (exact) mass is 352 g/mol. The smallest absolute Gasteiger partial charge is 0.294 e. The molecule has 0 fully saturated rings. The second-order valence-electron chi connectivity index (χ2n) is 6.04. The molecule has 0 unspecified atom stereocenters. The molecule has 6 heteroatoms. The summed E-state index contributed by atoms with van der Waals surface area (Å²) in [6, 6.07) is 16.2. The van der Waals surface area contributed by atoms with Gasteiger partial charge in [0.05, 0.1) is 0 Å². The van der Waals surface area contributed by atoms with Crippen LogP contribution < -0.4 is 11.4 Å². The third-order valence-corrected chi connectivity index (χ3v) is 4.88. The number of aromatic nitrogens is 3. The van der Waals surface area contributed by atoms with Crippen LogP contribution in [0.15, 0.2) is 58.5 Å². The summed E-state index contributed by atoms with van der Waals surface area (Å²) in [6.45, 7) is 4.07. The molecular weight excluding hydrogens is 332 g/mol. The molecule has 0 bridgehead atoms. The maximum absolute atomic E-state index is 12.4. The molecule has 0 atom stereocenters. The van der Waals surface area contributed by atoms with Crippen LogP contribution in [0.25, 0.3) is 0 Å². The fourth-order valence-electron chi connectivity index (χ4n) is 2.48. The molecule has 3 rings (SSSR count). The lowest BCUT2D eigenvalue weighted by molar-refractivity contribution is 0.672. The minimum atomic E-state index is -0.303. The van der Waals surface area contributed by atoms with Crippen molar-refractivity contribution in [3.63, 3.8) is 0 Å². The summed E-state index contributed by atoms with van der Waals surface area (Å²) in [5.41, 5.74) is 4.59. The molecule has 0 aliphatic rings. The van der Waals surface area contributed by atoms with Gasteiger partial charge < -0.3 is 5.84 Å². The van der Waals surface area contributed by atoms with Crippen molar-refractivity contribution in [1.29, 1.82) is 0 Å². The van der Waals surface area contributed by atoms with Crippen LogP contribution in [0.5, 0.6) is 0 Å². The first-order valence-corrected chi connectivity index (χ1v) is 8.99. The van der Waals surface area contributed by atoms with Gasteiger partial charge in [-0.2, -0.15) is 4.68 Å². The number of hydrogen-bond acceptors (Lipinski definition) is 5. The number of rotatable bonds is 5.